The highest BCUT2D eigenvalue weighted by Crippen LogP contribution is 2.10. The molecule has 2 rings (SSSR count). The summed E-state index contributed by atoms with van der Waals surface area (Å²) in [7, 11) is 0. The number of hydrogen-bond donors (Lipinski definition) is 1. The van der Waals surface area contributed by atoms with Crippen LogP contribution in [0.1, 0.15) is 13.3 Å². The lowest BCUT2D eigenvalue weighted by atomic mass is 10.2. The molecule has 1 atom stereocenters. The number of nitrogens with two attached hydrogens (primary N) is 1. The van der Waals surface area contributed by atoms with E-state index in [0.717, 1.165) is 38.7 Å². The van der Waals surface area contributed by atoms with Crippen LogP contribution >= 0.6 is 0 Å². The van der Waals surface area contributed by atoms with Crippen LogP contribution in [-0.4, -0.2) is 66.2 Å². The molecule has 0 saturated carbocycles. The van der Waals surface area contributed by atoms with Gasteiger partial charge in [-0.3, -0.25) is 9.69 Å². The Morgan fingerprint density at radius 3 is 2.62 bits per heavy atom. The summed E-state index contributed by atoms with van der Waals surface area (Å²) in [4.78, 5) is 24.5. The molecule has 1 fully saturated rings. The minimum atomic E-state index is -0.527. The first-order valence-electron chi connectivity index (χ1n) is 7.37. The van der Waals surface area contributed by atoms with Crippen LogP contribution in [0.4, 0.5) is 5.95 Å². The predicted molar refractivity (Wildman–Crippen MR) is 79.9 cm³/mol. The van der Waals surface area contributed by atoms with Gasteiger partial charge in [-0.2, -0.15) is 0 Å². The molecule has 1 aromatic rings. The second-order valence-electron chi connectivity index (χ2n) is 5.02. The average molecular weight is 293 g/mol. The van der Waals surface area contributed by atoms with Crippen LogP contribution in [-0.2, 0) is 9.53 Å². The Morgan fingerprint density at radius 2 is 2.00 bits per heavy atom. The first kappa shape index (κ1) is 15.7. The van der Waals surface area contributed by atoms with Crippen LogP contribution in [0.2, 0.25) is 0 Å². The van der Waals surface area contributed by atoms with Crippen LogP contribution in [0.3, 0.4) is 0 Å². The number of piperazine rings is 1. The molecule has 2 heterocycles. The summed E-state index contributed by atoms with van der Waals surface area (Å²) in [5.41, 5.74) is 5.81. The normalized spacial score (nSPS) is 17.5. The molecule has 21 heavy (non-hydrogen) atoms. The Balaban J connectivity index is 1.71. The van der Waals surface area contributed by atoms with Crippen molar-refractivity contribution in [2.45, 2.75) is 19.4 Å². The first-order valence-corrected chi connectivity index (χ1v) is 7.37. The predicted octanol–water partition coefficient (Wildman–Crippen LogP) is -0.121. The standard InChI is InChI=1S/C14H23N5O2/c1-2-21-13(20)12(15)4-7-18-8-10-19(11-9-18)14-16-5-3-6-17-14/h3,5-6,12H,2,4,7-11,15H2,1H3. The van der Waals surface area contributed by atoms with Crippen LogP contribution < -0.4 is 10.6 Å². The number of esters is 1. The molecular weight excluding hydrogens is 270 g/mol. The van der Waals surface area contributed by atoms with Gasteiger partial charge in [0.25, 0.3) is 0 Å². The lowest BCUT2D eigenvalue weighted by Gasteiger charge is -2.34. The molecular formula is C14H23N5O2. The van der Waals surface area contributed by atoms with E-state index in [1.54, 1.807) is 19.3 Å². The third-order valence-corrected chi connectivity index (χ3v) is 3.55. The smallest absolute Gasteiger partial charge is 0.322 e. The van der Waals surface area contributed by atoms with Gasteiger partial charge in [0.1, 0.15) is 6.04 Å². The van der Waals surface area contributed by atoms with Crippen molar-refractivity contribution in [1.29, 1.82) is 0 Å². The van der Waals surface area contributed by atoms with E-state index in [1.807, 2.05) is 6.07 Å². The number of carbonyl (C=O) groups is 1. The Hall–Kier alpha value is -1.73. The molecule has 1 aliphatic heterocycles. The van der Waals surface area contributed by atoms with E-state index in [2.05, 4.69) is 19.8 Å². The number of anilines is 1. The molecule has 1 unspecified atom stereocenters. The Kier molecular flexibility index (Phi) is 5.89. The maximum Gasteiger partial charge on any atom is 0.322 e. The fourth-order valence-electron chi connectivity index (χ4n) is 2.31. The van der Waals surface area contributed by atoms with Gasteiger partial charge in [-0.1, -0.05) is 0 Å². The number of hydrogen-bond acceptors (Lipinski definition) is 7. The Labute approximate surface area is 125 Å². The van der Waals surface area contributed by atoms with Crippen molar-refractivity contribution >= 4 is 11.9 Å². The quantitative estimate of drug-likeness (QED) is 0.732. The van der Waals surface area contributed by atoms with Gasteiger partial charge in [0.2, 0.25) is 5.95 Å². The second kappa shape index (κ2) is 7.90. The Morgan fingerprint density at radius 1 is 1.33 bits per heavy atom. The van der Waals surface area contributed by atoms with Crippen LogP contribution in [0.25, 0.3) is 0 Å². The SMILES string of the molecule is CCOC(=O)C(N)CCN1CCN(c2ncccn2)CC1. The summed E-state index contributed by atoms with van der Waals surface area (Å²) in [5.74, 6) is 0.467. The van der Waals surface area contributed by atoms with E-state index >= 15 is 0 Å². The van der Waals surface area contributed by atoms with E-state index in [0.29, 0.717) is 13.0 Å². The van der Waals surface area contributed by atoms with Gasteiger partial charge in [0.15, 0.2) is 0 Å². The topological polar surface area (TPSA) is 84.6 Å². The van der Waals surface area contributed by atoms with Crippen molar-refractivity contribution in [3.8, 4) is 0 Å². The summed E-state index contributed by atoms with van der Waals surface area (Å²) in [6.07, 6.45) is 4.14. The van der Waals surface area contributed by atoms with Gasteiger partial charge in [-0.05, 0) is 19.4 Å². The zero-order valence-corrected chi connectivity index (χ0v) is 12.4. The minimum absolute atomic E-state index is 0.311. The number of nitrogens with zero attached hydrogens (tertiary/aromatic N) is 4. The van der Waals surface area contributed by atoms with E-state index in [1.165, 1.54) is 0 Å². The maximum atomic E-state index is 11.5. The van der Waals surface area contributed by atoms with Gasteiger partial charge in [0.05, 0.1) is 6.61 Å². The fraction of sp³-hybridized carbons (Fsp3) is 0.643. The molecule has 0 aromatic carbocycles. The average Bonchev–Trinajstić information content (AvgIpc) is 2.54. The Bertz CT molecular complexity index is 434. The fourth-order valence-corrected chi connectivity index (χ4v) is 2.31. The van der Waals surface area contributed by atoms with E-state index in [4.69, 9.17) is 10.5 Å². The highest BCUT2D eigenvalue weighted by Gasteiger charge is 2.21. The highest BCUT2D eigenvalue weighted by molar-refractivity contribution is 5.75. The van der Waals surface area contributed by atoms with Crippen molar-refractivity contribution in [2.75, 3.05) is 44.2 Å². The van der Waals surface area contributed by atoms with E-state index in [-0.39, 0.29) is 5.97 Å². The third kappa shape index (κ3) is 4.64. The molecule has 1 aliphatic rings. The van der Waals surface area contributed by atoms with Crippen molar-refractivity contribution in [2.24, 2.45) is 5.73 Å². The van der Waals surface area contributed by atoms with Gasteiger partial charge in [-0.25, -0.2) is 9.97 Å². The number of ether oxygens (including phenoxy) is 1. The zero-order chi connectivity index (χ0) is 15.1. The maximum absolute atomic E-state index is 11.5. The minimum Gasteiger partial charge on any atom is -0.465 e. The monoisotopic (exact) mass is 293 g/mol. The van der Waals surface area contributed by atoms with Gasteiger partial charge < -0.3 is 15.4 Å². The van der Waals surface area contributed by atoms with Crippen LogP contribution in [0.15, 0.2) is 18.5 Å². The largest absolute Gasteiger partial charge is 0.465 e. The van der Waals surface area contributed by atoms with Gasteiger partial charge >= 0.3 is 5.97 Å². The lowest BCUT2D eigenvalue weighted by molar-refractivity contribution is -0.144. The van der Waals surface area contributed by atoms with Crippen molar-refractivity contribution in [3.63, 3.8) is 0 Å². The zero-order valence-electron chi connectivity index (χ0n) is 12.4. The molecule has 0 spiro atoms. The number of rotatable bonds is 6. The van der Waals surface area contributed by atoms with Gasteiger partial charge in [0, 0.05) is 45.1 Å². The molecule has 0 aliphatic carbocycles. The molecule has 116 valence electrons. The first-order chi connectivity index (χ1) is 10.2. The van der Waals surface area contributed by atoms with Crippen molar-refractivity contribution in [3.05, 3.63) is 18.5 Å². The number of carbonyl (C=O) groups excluding carboxylic acids is 1. The summed E-state index contributed by atoms with van der Waals surface area (Å²) < 4.78 is 4.91. The van der Waals surface area contributed by atoms with Gasteiger partial charge in [-0.15, -0.1) is 0 Å². The van der Waals surface area contributed by atoms with Crippen LogP contribution in [0.5, 0.6) is 0 Å². The number of aromatic nitrogens is 2. The summed E-state index contributed by atoms with van der Waals surface area (Å²) in [6, 6.07) is 1.29. The third-order valence-electron chi connectivity index (χ3n) is 3.55. The molecule has 0 bridgehead atoms. The summed E-state index contributed by atoms with van der Waals surface area (Å²) in [5, 5.41) is 0. The molecule has 7 nitrogen and oxygen atoms in total. The van der Waals surface area contributed by atoms with Crippen LogP contribution in [0, 0.1) is 0 Å². The molecule has 7 heteroatoms. The summed E-state index contributed by atoms with van der Waals surface area (Å²) >= 11 is 0. The van der Waals surface area contributed by atoms with E-state index in [9.17, 15) is 4.79 Å². The molecule has 0 amide bonds. The molecule has 1 aromatic heterocycles. The molecule has 2 N–H and O–H groups in total. The van der Waals surface area contributed by atoms with E-state index < -0.39 is 6.04 Å². The second-order valence-corrected chi connectivity index (χ2v) is 5.02. The van der Waals surface area contributed by atoms with Crippen molar-refractivity contribution < 1.29 is 9.53 Å². The van der Waals surface area contributed by atoms with Crippen molar-refractivity contribution in [1.82, 2.24) is 14.9 Å². The summed E-state index contributed by atoms with van der Waals surface area (Å²) in [6.45, 7) is 6.60. The lowest BCUT2D eigenvalue weighted by Crippen LogP contribution is -2.48. The molecule has 0 radical (unpaired) electrons. The molecule has 1 saturated heterocycles. The highest BCUT2D eigenvalue weighted by atomic mass is 16.5.